The Morgan fingerprint density at radius 3 is 2.47 bits per heavy atom. The first-order chi connectivity index (χ1) is 14.6. The van der Waals surface area contributed by atoms with Gasteiger partial charge in [0.15, 0.2) is 0 Å². The van der Waals surface area contributed by atoms with Gasteiger partial charge in [0.2, 0.25) is 5.91 Å². The van der Waals surface area contributed by atoms with Crippen molar-refractivity contribution in [2.45, 2.75) is 58.4 Å². The smallest absolute Gasteiger partial charge is 0.222 e. The van der Waals surface area contributed by atoms with Crippen LogP contribution in [-0.2, 0) is 4.79 Å². The Morgan fingerprint density at radius 2 is 1.80 bits per heavy atom. The van der Waals surface area contributed by atoms with E-state index in [-0.39, 0.29) is 0 Å². The lowest BCUT2D eigenvalue weighted by molar-refractivity contribution is -0.133. The zero-order valence-corrected chi connectivity index (χ0v) is 18.7. The van der Waals surface area contributed by atoms with Gasteiger partial charge in [0.1, 0.15) is 18.0 Å². The summed E-state index contributed by atoms with van der Waals surface area (Å²) in [7, 11) is 0. The molecule has 166 valence electrons. The lowest BCUT2D eigenvalue weighted by atomic mass is 9.92. The van der Waals surface area contributed by atoms with Gasteiger partial charge in [-0.15, -0.1) is 0 Å². The van der Waals surface area contributed by atoms with Crippen molar-refractivity contribution >= 4 is 17.5 Å². The molecule has 7 nitrogen and oxygen atoms in total. The van der Waals surface area contributed by atoms with Crippen molar-refractivity contribution < 1.29 is 4.79 Å². The Bertz CT molecular complexity index is 691. The first kappa shape index (κ1) is 21.3. The van der Waals surface area contributed by atoms with Crippen molar-refractivity contribution in [3.63, 3.8) is 0 Å². The number of carbonyl (C=O) groups is 1. The third kappa shape index (κ3) is 6.06. The molecule has 1 aromatic heterocycles. The Morgan fingerprint density at radius 1 is 1.07 bits per heavy atom. The van der Waals surface area contributed by atoms with E-state index in [1.807, 2.05) is 0 Å². The molecule has 3 aliphatic rings. The van der Waals surface area contributed by atoms with Crippen LogP contribution in [0.1, 0.15) is 52.4 Å². The Labute approximate surface area is 181 Å². The third-order valence-corrected chi connectivity index (χ3v) is 6.64. The van der Waals surface area contributed by atoms with Crippen molar-refractivity contribution in [2.24, 2.45) is 11.8 Å². The van der Waals surface area contributed by atoms with E-state index in [9.17, 15) is 4.79 Å². The average Bonchev–Trinajstić information content (AvgIpc) is 3.57. The normalized spacial score (nSPS) is 21.3. The van der Waals surface area contributed by atoms with Crippen LogP contribution >= 0.6 is 0 Å². The number of hydrogen-bond acceptors (Lipinski definition) is 6. The molecule has 7 heteroatoms. The molecular weight excluding hydrogens is 376 g/mol. The topological polar surface area (TPSA) is 64.6 Å². The van der Waals surface area contributed by atoms with Gasteiger partial charge in [-0.2, -0.15) is 0 Å². The lowest BCUT2D eigenvalue weighted by Crippen LogP contribution is -2.49. The molecule has 1 saturated carbocycles. The summed E-state index contributed by atoms with van der Waals surface area (Å²) in [6.45, 7) is 11.6. The fraction of sp³-hybridized carbons (Fsp3) is 0.783. The number of carbonyl (C=O) groups excluding carboxylic acids is 1. The molecule has 4 rings (SSSR count). The van der Waals surface area contributed by atoms with Crippen molar-refractivity contribution in [3.05, 3.63) is 12.4 Å². The summed E-state index contributed by atoms with van der Waals surface area (Å²) in [5.41, 5.74) is 0. The molecule has 1 aromatic rings. The fourth-order valence-electron chi connectivity index (χ4n) is 4.67. The maximum atomic E-state index is 12.7. The number of amides is 1. The van der Waals surface area contributed by atoms with E-state index in [0.29, 0.717) is 30.2 Å². The first-order valence-electron chi connectivity index (χ1n) is 11.9. The second-order valence-corrected chi connectivity index (χ2v) is 9.72. The van der Waals surface area contributed by atoms with Gasteiger partial charge in [-0.3, -0.25) is 9.69 Å². The van der Waals surface area contributed by atoms with Crippen LogP contribution in [0.5, 0.6) is 0 Å². The number of anilines is 2. The summed E-state index contributed by atoms with van der Waals surface area (Å²) in [6.07, 6.45) is 8.19. The van der Waals surface area contributed by atoms with Gasteiger partial charge in [0, 0.05) is 64.3 Å². The van der Waals surface area contributed by atoms with Crippen LogP contribution in [0, 0.1) is 11.8 Å². The SMILES string of the molecule is CC(C)CN1CCN(C(=O)CCC2CCN(c3cc(NC4CC4)ncn3)CC2)CC1. The van der Waals surface area contributed by atoms with E-state index >= 15 is 0 Å². The highest BCUT2D eigenvalue weighted by atomic mass is 16.2. The summed E-state index contributed by atoms with van der Waals surface area (Å²) in [5, 5.41) is 3.46. The first-order valence-corrected chi connectivity index (χ1v) is 11.9. The highest BCUT2D eigenvalue weighted by Gasteiger charge is 2.25. The minimum atomic E-state index is 0.355. The van der Waals surface area contributed by atoms with Gasteiger partial charge in [-0.1, -0.05) is 13.8 Å². The fourth-order valence-corrected chi connectivity index (χ4v) is 4.67. The summed E-state index contributed by atoms with van der Waals surface area (Å²) in [6, 6.07) is 2.69. The lowest BCUT2D eigenvalue weighted by Gasteiger charge is -2.36. The van der Waals surface area contributed by atoms with Crippen LogP contribution in [0.15, 0.2) is 12.4 Å². The second-order valence-electron chi connectivity index (χ2n) is 9.72. The highest BCUT2D eigenvalue weighted by Crippen LogP contribution is 2.28. The van der Waals surface area contributed by atoms with Crippen molar-refractivity contribution in [1.82, 2.24) is 19.8 Å². The number of piperidine rings is 1. The van der Waals surface area contributed by atoms with Crippen LogP contribution in [0.4, 0.5) is 11.6 Å². The number of aromatic nitrogens is 2. The average molecular weight is 415 g/mol. The predicted octanol–water partition coefficient (Wildman–Crippen LogP) is 2.85. The quantitative estimate of drug-likeness (QED) is 0.706. The largest absolute Gasteiger partial charge is 0.367 e. The molecule has 1 amide bonds. The molecule has 2 saturated heterocycles. The molecule has 1 aliphatic carbocycles. The molecule has 3 heterocycles. The van der Waals surface area contributed by atoms with Crippen molar-refractivity contribution in [2.75, 3.05) is 56.0 Å². The molecule has 1 N–H and O–H groups in total. The summed E-state index contributed by atoms with van der Waals surface area (Å²) in [5.74, 6) is 3.68. The molecule has 2 aliphatic heterocycles. The third-order valence-electron chi connectivity index (χ3n) is 6.64. The number of nitrogens with one attached hydrogen (secondary N) is 1. The van der Waals surface area contributed by atoms with Gasteiger partial charge < -0.3 is 15.1 Å². The molecule has 30 heavy (non-hydrogen) atoms. The number of nitrogens with zero attached hydrogens (tertiary/aromatic N) is 5. The van der Waals surface area contributed by atoms with Crippen molar-refractivity contribution in [1.29, 1.82) is 0 Å². The Kier molecular flexibility index (Phi) is 7.08. The molecule has 0 atom stereocenters. The van der Waals surface area contributed by atoms with Crippen molar-refractivity contribution in [3.8, 4) is 0 Å². The summed E-state index contributed by atoms with van der Waals surface area (Å²) < 4.78 is 0. The minimum absolute atomic E-state index is 0.355. The molecule has 0 aromatic carbocycles. The molecule has 0 radical (unpaired) electrons. The van der Waals surface area contributed by atoms with E-state index in [0.717, 1.165) is 76.7 Å². The van der Waals surface area contributed by atoms with E-state index in [2.05, 4.69) is 49.9 Å². The summed E-state index contributed by atoms with van der Waals surface area (Å²) >= 11 is 0. The highest BCUT2D eigenvalue weighted by molar-refractivity contribution is 5.76. The molecule has 0 spiro atoms. The van der Waals surface area contributed by atoms with Crippen LogP contribution < -0.4 is 10.2 Å². The summed E-state index contributed by atoms with van der Waals surface area (Å²) in [4.78, 5) is 28.4. The number of rotatable bonds is 8. The van der Waals surface area contributed by atoms with Gasteiger partial charge in [-0.25, -0.2) is 9.97 Å². The van der Waals surface area contributed by atoms with Crippen LogP contribution in [0.25, 0.3) is 0 Å². The number of hydrogen-bond donors (Lipinski definition) is 1. The van der Waals surface area contributed by atoms with Gasteiger partial charge >= 0.3 is 0 Å². The Hall–Kier alpha value is -1.89. The standard InChI is InChI=1S/C23H38N6O/c1-18(2)16-27-11-13-29(14-12-27)23(30)6-3-19-7-9-28(10-8-19)22-15-21(24-17-25-22)26-20-4-5-20/h15,17-20H,3-14,16H2,1-2H3,(H,24,25,26). The van der Waals surface area contributed by atoms with Crippen LogP contribution in [0.3, 0.4) is 0 Å². The van der Waals surface area contributed by atoms with Crippen LogP contribution in [0.2, 0.25) is 0 Å². The maximum Gasteiger partial charge on any atom is 0.222 e. The van der Waals surface area contributed by atoms with E-state index < -0.39 is 0 Å². The van der Waals surface area contributed by atoms with E-state index in [1.54, 1.807) is 6.33 Å². The van der Waals surface area contributed by atoms with Crippen LogP contribution in [-0.4, -0.2) is 77.5 Å². The zero-order valence-electron chi connectivity index (χ0n) is 18.7. The number of piperazine rings is 1. The molecule has 0 bridgehead atoms. The molecular formula is C23H38N6O. The molecule has 0 unspecified atom stereocenters. The zero-order chi connectivity index (χ0) is 20.9. The maximum absolute atomic E-state index is 12.7. The van der Waals surface area contributed by atoms with Gasteiger partial charge in [-0.05, 0) is 43.9 Å². The van der Waals surface area contributed by atoms with E-state index in [1.165, 1.54) is 12.8 Å². The Balaban J connectivity index is 1.16. The second kappa shape index (κ2) is 9.94. The molecule has 3 fully saturated rings. The van der Waals surface area contributed by atoms with Gasteiger partial charge in [0.25, 0.3) is 0 Å². The minimum Gasteiger partial charge on any atom is -0.367 e. The van der Waals surface area contributed by atoms with E-state index in [4.69, 9.17) is 0 Å². The monoisotopic (exact) mass is 414 g/mol. The predicted molar refractivity (Wildman–Crippen MR) is 121 cm³/mol. The van der Waals surface area contributed by atoms with Gasteiger partial charge in [0.05, 0.1) is 0 Å².